The molecule has 25 heavy (non-hydrogen) atoms. The van der Waals surface area contributed by atoms with E-state index in [2.05, 4.69) is 26.0 Å². The van der Waals surface area contributed by atoms with Gasteiger partial charge in [0.1, 0.15) is 11.6 Å². The van der Waals surface area contributed by atoms with Crippen LogP contribution in [0.25, 0.3) is 10.9 Å². The van der Waals surface area contributed by atoms with Gasteiger partial charge in [-0.05, 0) is 36.4 Å². The van der Waals surface area contributed by atoms with Crippen molar-refractivity contribution in [3.05, 3.63) is 67.6 Å². The van der Waals surface area contributed by atoms with Gasteiger partial charge in [-0.15, -0.1) is 0 Å². The Balaban J connectivity index is 2.21. The molecule has 0 aliphatic heterocycles. The Labute approximate surface area is 157 Å². The van der Waals surface area contributed by atoms with Crippen molar-refractivity contribution < 1.29 is 5.11 Å². The van der Waals surface area contributed by atoms with E-state index in [4.69, 9.17) is 11.6 Å². The maximum Gasteiger partial charge on any atom is 0.282 e. The highest BCUT2D eigenvalue weighted by atomic mass is 79.9. The van der Waals surface area contributed by atoms with Gasteiger partial charge in [0, 0.05) is 21.0 Å². The van der Waals surface area contributed by atoms with Crippen LogP contribution < -0.4 is 5.56 Å². The molecule has 128 valence electrons. The van der Waals surface area contributed by atoms with Crippen molar-refractivity contribution in [1.82, 2.24) is 9.66 Å². The molecule has 1 heterocycles. The van der Waals surface area contributed by atoms with E-state index in [9.17, 15) is 9.90 Å². The lowest BCUT2D eigenvalue weighted by atomic mass is 10.2. The van der Waals surface area contributed by atoms with Gasteiger partial charge >= 0.3 is 0 Å². The summed E-state index contributed by atoms with van der Waals surface area (Å²) in [5.74, 6) is 0.562. The standard InChI is InChI=1S/C18H15BrClN3O2/c1-10(2)17-22-15-5-3-12(19)8-14(15)18(25)23(17)21-9-11-7-13(20)4-6-16(11)24/h3-10,24H,1-2H3. The van der Waals surface area contributed by atoms with E-state index in [-0.39, 0.29) is 17.2 Å². The second-order valence-electron chi connectivity index (χ2n) is 5.85. The van der Waals surface area contributed by atoms with E-state index in [1.807, 2.05) is 19.9 Å². The summed E-state index contributed by atoms with van der Waals surface area (Å²) in [6.07, 6.45) is 1.40. The molecule has 1 aromatic heterocycles. The molecule has 1 N–H and O–H groups in total. The average molecular weight is 421 g/mol. The van der Waals surface area contributed by atoms with Gasteiger partial charge in [0.15, 0.2) is 0 Å². The Morgan fingerprint density at radius 1 is 1.28 bits per heavy atom. The summed E-state index contributed by atoms with van der Waals surface area (Å²) in [7, 11) is 0. The van der Waals surface area contributed by atoms with Crippen LogP contribution in [0.2, 0.25) is 5.02 Å². The summed E-state index contributed by atoms with van der Waals surface area (Å²) in [5, 5.41) is 15.1. The summed E-state index contributed by atoms with van der Waals surface area (Å²) in [5.41, 5.74) is 0.769. The molecular weight excluding hydrogens is 406 g/mol. The minimum absolute atomic E-state index is 0.00847. The number of phenolic OH excluding ortho intramolecular Hbond substituents is 1. The molecule has 3 aromatic rings. The molecule has 0 unspecified atom stereocenters. The minimum Gasteiger partial charge on any atom is -0.507 e. The van der Waals surface area contributed by atoms with Crippen molar-refractivity contribution in [3.8, 4) is 5.75 Å². The number of halogens is 2. The molecule has 5 nitrogen and oxygen atoms in total. The number of hydrogen-bond acceptors (Lipinski definition) is 4. The van der Waals surface area contributed by atoms with Crippen LogP contribution in [-0.2, 0) is 0 Å². The normalized spacial score (nSPS) is 11.7. The van der Waals surface area contributed by atoms with Crippen LogP contribution in [-0.4, -0.2) is 21.0 Å². The van der Waals surface area contributed by atoms with Gasteiger partial charge in [0.05, 0.1) is 17.1 Å². The van der Waals surface area contributed by atoms with Gasteiger partial charge in [-0.1, -0.05) is 41.4 Å². The van der Waals surface area contributed by atoms with Crippen LogP contribution in [0.1, 0.15) is 31.2 Å². The van der Waals surface area contributed by atoms with Gasteiger partial charge in [-0.3, -0.25) is 4.79 Å². The molecule has 0 radical (unpaired) electrons. The maximum atomic E-state index is 12.9. The van der Waals surface area contributed by atoms with Crippen molar-refractivity contribution >= 4 is 44.6 Å². The van der Waals surface area contributed by atoms with E-state index < -0.39 is 0 Å². The Bertz CT molecular complexity index is 1040. The van der Waals surface area contributed by atoms with Crippen molar-refractivity contribution in [1.29, 1.82) is 0 Å². The minimum atomic E-state index is -0.271. The van der Waals surface area contributed by atoms with Gasteiger partial charge < -0.3 is 5.11 Å². The van der Waals surface area contributed by atoms with Gasteiger partial charge in [-0.2, -0.15) is 9.78 Å². The van der Waals surface area contributed by atoms with Gasteiger partial charge in [-0.25, -0.2) is 4.98 Å². The highest BCUT2D eigenvalue weighted by Gasteiger charge is 2.14. The second-order valence-corrected chi connectivity index (χ2v) is 7.20. The fourth-order valence-electron chi connectivity index (χ4n) is 2.40. The molecule has 2 aromatic carbocycles. The lowest BCUT2D eigenvalue weighted by molar-refractivity contribution is 0.474. The average Bonchev–Trinajstić information content (AvgIpc) is 2.57. The topological polar surface area (TPSA) is 67.5 Å². The summed E-state index contributed by atoms with van der Waals surface area (Å²) in [6.45, 7) is 3.88. The molecule has 0 saturated carbocycles. The zero-order chi connectivity index (χ0) is 18.1. The summed E-state index contributed by atoms with van der Waals surface area (Å²) in [4.78, 5) is 17.4. The van der Waals surface area contributed by atoms with E-state index in [1.54, 1.807) is 24.3 Å². The van der Waals surface area contributed by atoms with Crippen LogP contribution in [0.15, 0.2) is 50.8 Å². The van der Waals surface area contributed by atoms with Crippen LogP contribution in [0.3, 0.4) is 0 Å². The first-order chi connectivity index (χ1) is 11.9. The fourth-order valence-corrected chi connectivity index (χ4v) is 2.94. The number of hydrogen-bond donors (Lipinski definition) is 1. The Morgan fingerprint density at radius 2 is 2.04 bits per heavy atom. The Kier molecular flexibility index (Phi) is 4.92. The molecule has 0 bridgehead atoms. The first kappa shape index (κ1) is 17.6. The van der Waals surface area contributed by atoms with Gasteiger partial charge in [0.25, 0.3) is 5.56 Å². The number of rotatable bonds is 3. The largest absolute Gasteiger partial charge is 0.507 e. The van der Waals surface area contributed by atoms with Crippen molar-refractivity contribution in [2.24, 2.45) is 5.10 Å². The van der Waals surface area contributed by atoms with E-state index in [0.717, 1.165) is 4.47 Å². The van der Waals surface area contributed by atoms with Crippen molar-refractivity contribution in [3.63, 3.8) is 0 Å². The highest BCUT2D eigenvalue weighted by Crippen LogP contribution is 2.21. The number of fused-ring (bicyclic) bond motifs is 1. The first-order valence-corrected chi connectivity index (χ1v) is 8.79. The molecule has 0 aliphatic rings. The zero-order valence-electron chi connectivity index (χ0n) is 13.6. The molecule has 0 aliphatic carbocycles. The Hall–Kier alpha value is -2.18. The zero-order valence-corrected chi connectivity index (χ0v) is 15.9. The van der Waals surface area contributed by atoms with Crippen LogP contribution in [0.5, 0.6) is 5.75 Å². The third-order valence-electron chi connectivity index (χ3n) is 3.65. The number of aromatic nitrogens is 2. The molecule has 0 fully saturated rings. The Morgan fingerprint density at radius 3 is 2.76 bits per heavy atom. The summed E-state index contributed by atoms with van der Waals surface area (Å²) >= 11 is 9.32. The predicted octanol–water partition coefficient (Wildman–Crippen LogP) is 4.52. The van der Waals surface area contributed by atoms with E-state index in [0.29, 0.717) is 27.3 Å². The third-order valence-corrected chi connectivity index (χ3v) is 4.38. The number of aromatic hydroxyl groups is 1. The van der Waals surface area contributed by atoms with Crippen LogP contribution in [0, 0.1) is 0 Å². The van der Waals surface area contributed by atoms with Crippen molar-refractivity contribution in [2.75, 3.05) is 0 Å². The molecule has 0 amide bonds. The maximum absolute atomic E-state index is 12.9. The monoisotopic (exact) mass is 419 g/mol. The molecule has 0 saturated heterocycles. The lowest BCUT2D eigenvalue weighted by Crippen LogP contribution is -2.23. The van der Waals surface area contributed by atoms with E-state index in [1.165, 1.54) is 17.0 Å². The lowest BCUT2D eigenvalue weighted by Gasteiger charge is -2.12. The molecule has 0 atom stereocenters. The third kappa shape index (κ3) is 3.60. The van der Waals surface area contributed by atoms with Crippen molar-refractivity contribution in [2.45, 2.75) is 19.8 Å². The summed E-state index contributed by atoms with van der Waals surface area (Å²) < 4.78 is 2.05. The molecule has 3 rings (SSSR count). The number of benzene rings is 2. The van der Waals surface area contributed by atoms with Gasteiger partial charge in [0.2, 0.25) is 0 Å². The number of nitrogens with zero attached hydrogens (tertiary/aromatic N) is 3. The molecular formula is C18H15BrClN3O2. The van der Waals surface area contributed by atoms with Crippen LogP contribution >= 0.6 is 27.5 Å². The summed E-state index contributed by atoms with van der Waals surface area (Å²) in [6, 6.07) is 9.99. The smallest absolute Gasteiger partial charge is 0.282 e. The molecule has 0 spiro atoms. The molecule has 7 heteroatoms. The first-order valence-electron chi connectivity index (χ1n) is 7.62. The number of phenols is 1. The predicted molar refractivity (Wildman–Crippen MR) is 104 cm³/mol. The quantitative estimate of drug-likeness (QED) is 0.633. The fraction of sp³-hybridized carbons (Fsp3) is 0.167. The van der Waals surface area contributed by atoms with E-state index >= 15 is 0 Å². The SMILES string of the molecule is CC(C)c1nc2ccc(Br)cc2c(=O)n1N=Cc1cc(Cl)ccc1O. The van der Waals surface area contributed by atoms with Crippen LogP contribution in [0.4, 0.5) is 0 Å². The second kappa shape index (κ2) is 6.98. The highest BCUT2D eigenvalue weighted by molar-refractivity contribution is 9.10.